The van der Waals surface area contributed by atoms with Gasteiger partial charge in [-0.2, -0.15) is 18.3 Å². The Labute approximate surface area is 261 Å². The van der Waals surface area contributed by atoms with Gasteiger partial charge in [0.2, 0.25) is 12.0 Å². The number of nitrogens with one attached hydrogen (secondary N) is 1. The number of carbonyl (C=O) groups is 1. The zero-order chi connectivity index (χ0) is 31.8. The van der Waals surface area contributed by atoms with Crippen molar-refractivity contribution in [2.24, 2.45) is 5.41 Å². The molecule has 0 saturated carbocycles. The molecule has 2 saturated heterocycles. The lowest BCUT2D eigenvalue weighted by atomic mass is 9.76. The number of anilines is 1. The van der Waals surface area contributed by atoms with Crippen molar-refractivity contribution in [1.29, 1.82) is 0 Å². The van der Waals surface area contributed by atoms with Crippen LogP contribution in [0.4, 0.5) is 19.0 Å². The Balaban J connectivity index is 1.22. The molecule has 2 N–H and O–H groups in total. The second-order valence-corrected chi connectivity index (χ2v) is 11.8. The molecule has 0 aliphatic carbocycles. The van der Waals surface area contributed by atoms with Crippen LogP contribution in [0.1, 0.15) is 36.6 Å². The van der Waals surface area contributed by atoms with Crippen LogP contribution in [0.25, 0.3) is 5.69 Å². The Morgan fingerprint density at radius 2 is 1.87 bits per heavy atom. The van der Waals surface area contributed by atoms with Gasteiger partial charge >= 0.3 is 12.1 Å². The van der Waals surface area contributed by atoms with E-state index >= 15 is 0 Å². The lowest BCUT2D eigenvalue weighted by Crippen LogP contribution is -2.41. The van der Waals surface area contributed by atoms with E-state index in [1.54, 1.807) is 37.4 Å². The fourth-order valence-electron chi connectivity index (χ4n) is 5.91. The minimum Gasteiger partial charge on any atom is -0.480 e. The van der Waals surface area contributed by atoms with Gasteiger partial charge < -0.3 is 24.8 Å². The Morgan fingerprint density at radius 3 is 2.53 bits per heavy atom. The van der Waals surface area contributed by atoms with Crippen molar-refractivity contribution >= 4 is 23.4 Å². The molecule has 1 unspecified atom stereocenters. The quantitative estimate of drug-likeness (QED) is 0.234. The maximum atomic E-state index is 14.6. The summed E-state index contributed by atoms with van der Waals surface area (Å²) in [4.78, 5) is 22.0. The highest BCUT2D eigenvalue weighted by Gasteiger charge is 2.45. The number of hydrogen-bond acceptors (Lipinski definition) is 8. The molecular formula is C31H30ClF3N6O4. The first kappa shape index (κ1) is 30.7. The fraction of sp³-hybridized carbons (Fsp3) is 0.355. The van der Waals surface area contributed by atoms with Gasteiger partial charge in [-0.05, 0) is 61.9 Å². The molecule has 14 heteroatoms. The van der Waals surface area contributed by atoms with Crippen LogP contribution in [0.2, 0.25) is 5.02 Å². The number of nitrogens with zero attached hydrogens (tertiary/aromatic N) is 5. The average molecular weight is 643 g/mol. The third-order valence-corrected chi connectivity index (χ3v) is 8.52. The van der Waals surface area contributed by atoms with Crippen molar-refractivity contribution in [3.8, 4) is 23.1 Å². The van der Waals surface area contributed by atoms with E-state index in [9.17, 15) is 23.1 Å². The number of carboxylic acids is 1. The van der Waals surface area contributed by atoms with Crippen molar-refractivity contribution in [1.82, 2.24) is 25.1 Å². The highest BCUT2D eigenvalue weighted by atomic mass is 35.5. The average Bonchev–Trinajstić information content (AvgIpc) is 3.63. The molecule has 1 spiro atoms. The largest absolute Gasteiger partial charge is 0.480 e. The van der Waals surface area contributed by atoms with Gasteiger partial charge in [-0.3, -0.25) is 4.79 Å². The topological polar surface area (TPSA) is 115 Å². The third kappa shape index (κ3) is 6.69. The summed E-state index contributed by atoms with van der Waals surface area (Å²) in [6.45, 7) is 3.72. The number of halogens is 4. The molecule has 0 amide bonds. The Morgan fingerprint density at radius 1 is 1.11 bits per heavy atom. The second-order valence-electron chi connectivity index (χ2n) is 11.4. The third-order valence-electron chi connectivity index (χ3n) is 8.28. The number of aryl methyl sites for hydroxylation is 1. The van der Waals surface area contributed by atoms with Crippen molar-refractivity contribution < 1.29 is 32.5 Å². The Hall–Kier alpha value is -4.36. The molecule has 6 rings (SSSR count). The number of ether oxygens (including phenoxy) is 2. The smallest absolute Gasteiger partial charge is 0.429 e. The van der Waals surface area contributed by atoms with E-state index in [1.807, 2.05) is 0 Å². The molecule has 2 aliphatic heterocycles. The van der Waals surface area contributed by atoms with Crippen LogP contribution in [0.3, 0.4) is 0 Å². The number of aromatic nitrogens is 4. The monoisotopic (exact) mass is 642 g/mol. The van der Waals surface area contributed by atoms with Crippen LogP contribution in [0.5, 0.6) is 17.4 Å². The standard InChI is InChI=1S/C31H30ClF3N6O4/c1-19-8-11-41(39-19)23-14-20(32)6-7-21(23)28(31(33,34)35)45-25-5-3-2-4-24(25)44-27-15-26(37-18-38-27)40-12-9-30(10-13-40)16-22(29(42)43)36-17-30/h2-8,11,14-15,18,22,28,36H,9-10,12-13,16-17H2,1H3,(H,42,43)/t22?,28-/m1/s1. The van der Waals surface area contributed by atoms with E-state index in [1.165, 1.54) is 41.3 Å². The van der Waals surface area contributed by atoms with Crippen LogP contribution < -0.4 is 19.7 Å². The van der Waals surface area contributed by atoms with Crippen LogP contribution in [-0.2, 0) is 4.79 Å². The van der Waals surface area contributed by atoms with Gasteiger partial charge in [-0.25, -0.2) is 14.6 Å². The molecule has 236 valence electrons. The lowest BCUT2D eigenvalue weighted by molar-refractivity contribution is -0.198. The summed E-state index contributed by atoms with van der Waals surface area (Å²) < 4.78 is 56.8. The van der Waals surface area contributed by atoms with Gasteiger partial charge in [0.05, 0.1) is 11.4 Å². The maximum absolute atomic E-state index is 14.6. The summed E-state index contributed by atoms with van der Waals surface area (Å²) in [6, 6.07) is 12.9. The van der Waals surface area contributed by atoms with E-state index in [4.69, 9.17) is 21.1 Å². The predicted molar refractivity (Wildman–Crippen MR) is 159 cm³/mol. The van der Waals surface area contributed by atoms with Gasteiger partial charge in [0.15, 0.2) is 11.5 Å². The number of alkyl halides is 3. The molecule has 10 nitrogen and oxygen atoms in total. The molecule has 2 atom stereocenters. The van der Waals surface area contributed by atoms with Crippen molar-refractivity contribution in [2.75, 3.05) is 24.5 Å². The van der Waals surface area contributed by atoms with Gasteiger partial charge in [0.1, 0.15) is 18.2 Å². The minimum absolute atomic E-state index is 0.0381. The SMILES string of the molecule is Cc1ccn(-c2cc(Cl)ccc2[C@@H](Oc2ccccc2Oc2cc(N3CCC4(CC3)CNC(C(=O)O)C4)ncn2)C(F)(F)F)n1. The summed E-state index contributed by atoms with van der Waals surface area (Å²) in [5.74, 6) is -0.204. The van der Waals surface area contributed by atoms with E-state index in [-0.39, 0.29) is 39.1 Å². The van der Waals surface area contributed by atoms with Crippen molar-refractivity contribution in [3.05, 3.63) is 83.4 Å². The number of benzene rings is 2. The number of para-hydroxylation sites is 2. The zero-order valence-electron chi connectivity index (χ0n) is 24.2. The summed E-state index contributed by atoms with van der Waals surface area (Å²) >= 11 is 6.16. The van der Waals surface area contributed by atoms with Gasteiger partial charge in [0.25, 0.3) is 0 Å². The normalized spacial score (nSPS) is 18.6. The summed E-state index contributed by atoms with van der Waals surface area (Å²) in [7, 11) is 0. The Bertz CT molecular complexity index is 1690. The highest BCUT2D eigenvalue weighted by molar-refractivity contribution is 6.30. The first-order chi connectivity index (χ1) is 21.5. The maximum Gasteiger partial charge on any atom is 0.429 e. The molecule has 2 aromatic heterocycles. The molecule has 2 fully saturated rings. The van der Waals surface area contributed by atoms with Crippen molar-refractivity contribution in [2.45, 2.75) is 44.5 Å². The van der Waals surface area contributed by atoms with Gasteiger partial charge in [0, 0.05) is 42.5 Å². The molecule has 0 bridgehead atoms. The number of piperidine rings is 1. The number of hydrogen-bond donors (Lipinski definition) is 2. The first-order valence-corrected chi connectivity index (χ1v) is 14.7. The number of carboxylic acid groups (broad SMARTS) is 1. The fourth-order valence-corrected chi connectivity index (χ4v) is 6.07. The van der Waals surface area contributed by atoms with Crippen LogP contribution in [0, 0.1) is 12.3 Å². The second kappa shape index (κ2) is 12.2. The molecular weight excluding hydrogens is 613 g/mol. The van der Waals surface area contributed by atoms with Gasteiger partial charge in [-0.1, -0.05) is 29.8 Å². The predicted octanol–water partition coefficient (Wildman–Crippen LogP) is 6.13. The number of rotatable bonds is 8. The molecule has 0 radical (unpaired) electrons. The van der Waals surface area contributed by atoms with Gasteiger partial charge in [-0.15, -0.1) is 0 Å². The van der Waals surface area contributed by atoms with E-state index in [0.29, 0.717) is 37.6 Å². The Kier molecular flexibility index (Phi) is 8.31. The lowest BCUT2D eigenvalue weighted by Gasteiger charge is -2.39. The number of aliphatic carboxylic acids is 1. The summed E-state index contributed by atoms with van der Waals surface area (Å²) in [6.07, 6.45) is -2.10. The summed E-state index contributed by atoms with van der Waals surface area (Å²) in [5, 5.41) is 17.0. The van der Waals surface area contributed by atoms with Crippen LogP contribution in [-0.4, -0.2) is 62.7 Å². The zero-order valence-corrected chi connectivity index (χ0v) is 24.9. The van der Waals surface area contributed by atoms with E-state index in [0.717, 1.165) is 12.8 Å². The van der Waals surface area contributed by atoms with Crippen LogP contribution >= 0.6 is 11.6 Å². The highest BCUT2D eigenvalue weighted by Crippen LogP contribution is 2.44. The molecule has 2 aliphatic rings. The molecule has 4 aromatic rings. The van der Waals surface area contributed by atoms with Crippen molar-refractivity contribution in [3.63, 3.8) is 0 Å². The van der Waals surface area contributed by atoms with E-state index in [2.05, 4.69) is 25.3 Å². The summed E-state index contributed by atoms with van der Waals surface area (Å²) in [5.41, 5.74) is 0.508. The van der Waals surface area contributed by atoms with Crippen LogP contribution in [0.15, 0.2) is 67.1 Å². The molecule has 2 aromatic carbocycles. The molecule has 45 heavy (non-hydrogen) atoms. The van der Waals surface area contributed by atoms with E-state index < -0.39 is 24.3 Å². The minimum atomic E-state index is -4.80. The first-order valence-electron chi connectivity index (χ1n) is 14.4. The molecule has 4 heterocycles.